The second kappa shape index (κ2) is 7.22. The van der Waals surface area contributed by atoms with Gasteiger partial charge in [0.05, 0.1) is 11.4 Å². The zero-order valence-electron chi connectivity index (χ0n) is 12.5. The Kier molecular flexibility index (Phi) is 5.58. The number of rotatable bonds is 8. The van der Waals surface area contributed by atoms with Gasteiger partial charge in [-0.2, -0.15) is 16.9 Å². The first kappa shape index (κ1) is 16.2. The van der Waals surface area contributed by atoms with Crippen LogP contribution in [0.3, 0.4) is 0 Å². The molecule has 0 unspecified atom stereocenters. The summed E-state index contributed by atoms with van der Waals surface area (Å²) in [4.78, 5) is 15.5. The van der Waals surface area contributed by atoms with Crippen molar-refractivity contribution < 1.29 is 9.90 Å². The first-order valence-electron chi connectivity index (χ1n) is 6.84. The number of carboxylic acid groups (broad SMARTS) is 1. The van der Waals surface area contributed by atoms with E-state index in [-0.39, 0.29) is 5.75 Å². The van der Waals surface area contributed by atoms with Gasteiger partial charge in [0.25, 0.3) is 0 Å². The van der Waals surface area contributed by atoms with E-state index in [9.17, 15) is 4.79 Å². The summed E-state index contributed by atoms with van der Waals surface area (Å²) >= 11 is 3.03. The van der Waals surface area contributed by atoms with Crippen LogP contribution in [0.15, 0.2) is 5.16 Å². The largest absolute Gasteiger partial charge is 0.481 e. The third kappa shape index (κ3) is 3.55. The molecule has 0 aliphatic rings. The Morgan fingerprint density at radius 3 is 2.81 bits per heavy atom. The summed E-state index contributed by atoms with van der Waals surface area (Å²) in [6.07, 6.45) is 3.96. The number of hydrogen-bond donors (Lipinski definition) is 1. The number of fused-ring (bicyclic) bond motifs is 1. The minimum absolute atomic E-state index is 0.0269. The number of imidazole rings is 1. The van der Waals surface area contributed by atoms with Crippen LogP contribution in [-0.2, 0) is 24.8 Å². The molecule has 6 nitrogen and oxygen atoms in total. The van der Waals surface area contributed by atoms with Gasteiger partial charge in [-0.25, -0.2) is 4.98 Å². The van der Waals surface area contributed by atoms with Crippen molar-refractivity contribution in [2.75, 3.05) is 17.8 Å². The van der Waals surface area contributed by atoms with Crippen molar-refractivity contribution in [3.05, 3.63) is 5.69 Å². The number of carbonyl (C=O) groups is 1. The maximum absolute atomic E-state index is 10.8. The maximum atomic E-state index is 10.8. The molecule has 0 aliphatic carbocycles. The van der Waals surface area contributed by atoms with Crippen LogP contribution in [0.2, 0.25) is 0 Å². The molecule has 2 aromatic rings. The van der Waals surface area contributed by atoms with E-state index in [4.69, 9.17) is 5.11 Å². The van der Waals surface area contributed by atoms with Crippen molar-refractivity contribution in [2.24, 2.45) is 7.05 Å². The molecule has 2 aromatic heterocycles. The number of carboxylic acids is 1. The van der Waals surface area contributed by atoms with Crippen LogP contribution >= 0.6 is 23.5 Å². The molecule has 0 bridgehead atoms. The maximum Gasteiger partial charge on any atom is 0.313 e. The lowest BCUT2D eigenvalue weighted by Crippen LogP contribution is -2.08. The Balaban J connectivity index is 2.44. The smallest absolute Gasteiger partial charge is 0.313 e. The van der Waals surface area contributed by atoms with Gasteiger partial charge < -0.3 is 9.67 Å². The molecule has 2 rings (SSSR count). The van der Waals surface area contributed by atoms with Crippen LogP contribution in [0.4, 0.5) is 0 Å². The number of hydrogen-bond acceptors (Lipinski definition) is 5. The van der Waals surface area contributed by atoms with Crippen LogP contribution in [0, 0.1) is 0 Å². The molecule has 2 heterocycles. The van der Waals surface area contributed by atoms with Gasteiger partial charge in [0.15, 0.2) is 10.8 Å². The number of nitrogens with zero attached hydrogens (tertiary/aromatic N) is 4. The predicted molar refractivity (Wildman–Crippen MR) is 87.2 cm³/mol. The van der Waals surface area contributed by atoms with Crippen LogP contribution in [0.5, 0.6) is 0 Å². The van der Waals surface area contributed by atoms with Crippen molar-refractivity contribution >= 4 is 40.7 Å². The fraction of sp³-hybridized carbons (Fsp3) is 0.615. The summed E-state index contributed by atoms with van der Waals surface area (Å²) in [5.74, 6) is 0.162. The highest BCUT2D eigenvalue weighted by molar-refractivity contribution is 7.99. The summed E-state index contributed by atoms with van der Waals surface area (Å²) in [6.45, 7) is 2.93. The van der Waals surface area contributed by atoms with E-state index in [1.165, 1.54) is 11.8 Å². The summed E-state index contributed by atoms with van der Waals surface area (Å²) in [6, 6.07) is 0. The highest BCUT2D eigenvalue weighted by atomic mass is 32.2. The zero-order valence-corrected chi connectivity index (χ0v) is 14.1. The third-order valence-corrected chi connectivity index (χ3v) is 4.64. The molecular formula is C13H20N4O2S2. The van der Waals surface area contributed by atoms with E-state index in [0.717, 1.165) is 47.2 Å². The molecular weight excluding hydrogens is 308 g/mol. The molecule has 8 heteroatoms. The molecule has 0 radical (unpaired) electrons. The number of aliphatic carboxylic acids is 1. The molecule has 1 N–H and O–H groups in total. The van der Waals surface area contributed by atoms with Gasteiger partial charge in [-0.05, 0) is 12.7 Å². The standard InChI is InChI=1S/C13H20N4O2S2/c1-4-5-9-11-12(16(2)15-9)17(6-7-20-3)13(14-11)21-8-10(18)19/h4-8H2,1-3H3,(H,18,19). The molecule has 0 fully saturated rings. The first-order valence-corrected chi connectivity index (χ1v) is 9.22. The van der Waals surface area contributed by atoms with Crippen LogP contribution < -0.4 is 0 Å². The molecule has 116 valence electrons. The Labute approximate surface area is 132 Å². The number of aromatic nitrogens is 4. The van der Waals surface area contributed by atoms with Crippen LogP contribution in [0.25, 0.3) is 11.2 Å². The Bertz CT molecular complexity index is 636. The van der Waals surface area contributed by atoms with E-state index in [1.54, 1.807) is 11.8 Å². The second-order valence-electron chi connectivity index (χ2n) is 4.71. The lowest BCUT2D eigenvalue weighted by Gasteiger charge is -2.07. The average molecular weight is 328 g/mol. The van der Waals surface area contributed by atoms with E-state index < -0.39 is 5.97 Å². The normalized spacial score (nSPS) is 11.4. The highest BCUT2D eigenvalue weighted by Crippen LogP contribution is 2.26. The third-order valence-electron chi connectivity index (χ3n) is 3.09. The molecule has 0 spiro atoms. The molecule has 0 saturated carbocycles. The van der Waals surface area contributed by atoms with Crippen LogP contribution in [-0.4, -0.2) is 48.2 Å². The second-order valence-corrected chi connectivity index (χ2v) is 6.64. The molecule has 21 heavy (non-hydrogen) atoms. The van der Waals surface area contributed by atoms with Crippen LogP contribution in [0.1, 0.15) is 19.0 Å². The average Bonchev–Trinajstić information content (AvgIpc) is 2.94. The van der Waals surface area contributed by atoms with E-state index in [1.807, 2.05) is 11.7 Å². The Morgan fingerprint density at radius 1 is 1.43 bits per heavy atom. The fourth-order valence-corrected chi connectivity index (χ4v) is 3.35. The van der Waals surface area contributed by atoms with Gasteiger partial charge in [-0.15, -0.1) is 0 Å². The van der Waals surface area contributed by atoms with Crippen molar-refractivity contribution in [1.29, 1.82) is 0 Å². The molecule has 0 amide bonds. The van der Waals surface area contributed by atoms with Gasteiger partial charge in [0.2, 0.25) is 0 Å². The SMILES string of the molecule is CCCc1nn(C)c2c1nc(SCC(=O)O)n2CCSC. The van der Waals surface area contributed by atoms with E-state index in [0.29, 0.717) is 0 Å². The fourth-order valence-electron chi connectivity index (χ4n) is 2.25. The van der Waals surface area contributed by atoms with Gasteiger partial charge in [-0.3, -0.25) is 9.48 Å². The van der Waals surface area contributed by atoms with Crippen molar-refractivity contribution in [2.45, 2.75) is 31.5 Å². The quantitative estimate of drug-likeness (QED) is 0.749. The monoisotopic (exact) mass is 328 g/mol. The molecule has 0 atom stereocenters. The molecule has 0 aromatic carbocycles. The van der Waals surface area contributed by atoms with Gasteiger partial charge in [0, 0.05) is 19.3 Å². The van der Waals surface area contributed by atoms with Crippen molar-refractivity contribution in [1.82, 2.24) is 19.3 Å². The lowest BCUT2D eigenvalue weighted by atomic mass is 10.2. The number of aryl methyl sites for hydroxylation is 3. The predicted octanol–water partition coefficient (Wildman–Crippen LogP) is 2.26. The minimum atomic E-state index is -0.824. The summed E-state index contributed by atoms with van der Waals surface area (Å²) in [7, 11) is 1.92. The number of thioether (sulfide) groups is 2. The van der Waals surface area contributed by atoms with E-state index in [2.05, 4.69) is 27.8 Å². The molecule has 0 aliphatic heterocycles. The Morgan fingerprint density at radius 2 is 2.19 bits per heavy atom. The summed E-state index contributed by atoms with van der Waals surface area (Å²) in [5.41, 5.74) is 2.89. The lowest BCUT2D eigenvalue weighted by molar-refractivity contribution is -0.133. The molecule has 0 saturated heterocycles. The van der Waals surface area contributed by atoms with Gasteiger partial charge in [-0.1, -0.05) is 25.1 Å². The van der Waals surface area contributed by atoms with Gasteiger partial charge >= 0.3 is 5.97 Å². The highest BCUT2D eigenvalue weighted by Gasteiger charge is 2.19. The Hall–Kier alpha value is -1.15. The topological polar surface area (TPSA) is 72.9 Å². The van der Waals surface area contributed by atoms with E-state index >= 15 is 0 Å². The summed E-state index contributed by atoms with van der Waals surface area (Å²) in [5, 5.41) is 14.2. The van der Waals surface area contributed by atoms with Crippen molar-refractivity contribution in [3.8, 4) is 0 Å². The summed E-state index contributed by atoms with van der Waals surface area (Å²) < 4.78 is 3.95. The first-order chi connectivity index (χ1) is 10.1. The van der Waals surface area contributed by atoms with Crippen molar-refractivity contribution in [3.63, 3.8) is 0 Å². The minimum Gasteiger partial charge on any atom is -0.481 e. The zero-order chi connectivity index (χ0) is 15.4. The van der Waals surface area contributed by atoms with Gasteiger partial charge in [0.1, 0.15) is 5.52 Å².